The van der Waals surface area contributed by atoms with Gasteiger partial charge in [0.25, 0.3) is 0 Å². The van der Waals surface area contributed by atoms with Crippen molar-refractivity contribution in [3.8, 4) is 0 Å². The highest BCUT2D eigenvalue weighted by atomic mass is 35.5. The van der Waals surface area contributed by atoms with Crippen molar-refractivity contribution in [3.63, 3.8) is 0 Å². The molecule has 0 fully saturated rings. The van der Waals surface area contributed by atoms with E-state index in [1.54, 1.807) is 24.3 Å². The molecule has 3 rings (SSSR count). The summed E-state index contributed by atoms with van der Waals surface area (Å²) in [6, 6.07) is 22.4. The molecule has 0 spiro atoms. The molecular weight excluding hydrogens is 498 g/mol. The van der Waals surface area contributed by atoms with Gasteiger partial charge in [-0.2, -0.15) is 0 Å². The Balaban J connectivity index is 2.02. The Hall–Kier alpha value is -3.36. The molecule has 0 bridgehead atoms. The van der Waals surface area contributed by atoms with E-state index in [9.17, 15) is 18.0 Å². The van der Waals surface area contributed by atoms with Crippen molar-refractivity contribution in [2.45, 2.75) is 25.9 Å². The lowest BCUT2D eigenvalue weighted by atomic mass is 10.0. The number of nitrogens with one attached hydrogen (secondary N) is 1. The highest BCUT2D eigenvalue weighted by Crippen LogP contribution is 2.22. The highest BCUT2D eigenvalue weighted by Gasteiger charge is 2.32. The number of amides is 2. The summed E-state index contributed by atoms with van der Waals surface area (Å²) in [7, 11) is -2.29. The summed E-state index contributed by atoms with van der Waals surface area (Å²) in [5.74, 6) is -0.835. The van der Waals surface area contributed by atoms with Gasteiger partial charge in [-0.25, -0.2) is 8.42 Å². The van der Waals surface area contributed by atoms with Crippen LogP contribution in [-0.4, -0.2) is 51.0 Å². The second kappa shape index (κ2) is 12.1. The Labute approximate surface area is 217 Å². The normalized spacial score (nSPS) is 12.0. The molecule has 0 aliphatic rings. The molecule has 0 aliphatic carbocycles. The molecule has 0 saturated carbocycles. The molecule has 7 nitrogen and oxygen atoms in total. The maximum absolute atomic E-state index is 13.8. The van der Waals surface area contributed by atoms with Crippen molar-refractivity contribution >= 4 is 39.1 Å². The molecule has 1 unspecified atom stereocenters. The molecule has 0 aliphatic heterocycles. The number of carbonyl (C=O) groups is 2. The summed E-state index contributed by atoms with van der Waals surface area (Å²) in [6.45, 7) is 1.63. The lowest BCUT2D eigenvalue weighted by Gasteiger charge is -2.33. The van der Waals surface area contributed by atoms with Crippen molar-refractivity contribution in [3.05, 3.63) is 101 Å². The SMILES string of the molecule is CNC(=O)C(Cc1ccccc1)N(Cc1cccc(C)c1)C(=O)CN(c1ccc(Cl)cc1)S(C)(=O)=O. The minimum absolute atomic E-state index is 0.143. The Kier molecular flexibility index (Phi) is 9.12. The summed E-state index contributed by atoms with van der Waals surface area (Å²) in [5, 5.41) is 3.11. The molecule has 0 aromatic heterocycles. The summed E-state index contributed by atoms with van der Waals surface area (Å²) in [6.07, 6.45) is 1.32. The van der Waals surface area contributed by atoms with E-state index in [0.29, 0.717) is 10.7 Å². The van der Waals surface area contributed by atoms with Crippen LogP contribution >= 0.6 is 11.6 Å². The minimum Gasteiger partial charge on any atom is -0.357 e. The first kappa shape index (κ1) is 27.2. The standard InChI is InChI=1S/C27H30ClN3O4S/c1-20-8-7-11-22(16-20)18-30(25(27(33)29-2)17-21-9-5-4-6-10-21)26(32)19-31(36(3,34)35)24-14-12-23(28)13-15-24/h4-16,25H,17-19H2,1-3H3,(H,29,33). The average molecular weight is 528 g/mol. The predicted octanol–water partition coefficient (Wildman–Crippen LogP) is 3.80. The molecular formula is C27H30ClN3O4S. The van der Waals surface area contributed by atoms with Gasteiger partial charge in [-0.05, 0) is 42.3 Å². The van der Waals surface area contributed by atoms with Crippen LogP contribution in [0.2, 0.25) is 5.02 Å². The largest absolute Gasteiger partial charge is 0.357 e. The van der Waals surface area contributed by atoms with E-state index in [1.165, 1.54) is 11.9 Å². The fourth-order valence-corrected chi connectivity index (χ4v) is 4.92. The van der Waals surface area contributed by atoms with Gasteiger partial charge in [0, 0.05) is 25.0 Å². The Morgan fingerprint density at radius 2 is 1.58 bits per heavy atom. The first-order chi connectivity index (χ1) is 17.1. The van der Waals surface area contributed by atoms with Gasteiger partial charge >= 0.3 is 0 Å². The molecule has 0 heterocycles. The Bertz CT molecular complexity index is 1300. The van der Waals surface area contributed by atoms with E-state index in [1.807, 2.05) is 61.5 Å². The monoisotopic (exact) mass is 527 g/mol. The molecule has 2 amide bonds. The zero-order valence-corrected chi connectivity index (χ0v) is 22.1. The minimum atomic E-state index is -3.81. The number of likely N-dealkylation sites (N-methyl/N-ethyl adjacent to an activating group) is 1. The van der Waals surface area contributed by atoms with Gasteiger partial charge in [0.05, 0.1) is 11.9 Å². The van der Waals surface area contributed by atoms with Gasteiger partial charge < -0.3 is 10.2 Å². The van der Waals surface area contributed by atoms with Crippen molar-refractivity contribution in [1.29, 1.82) is 0 Å². The molecule has 1 atom stereocenters. The van der Waals surface area contributed by atoms with Gasteiger partial charge in [-0.3, -0.25) is 13.9 Å². The topological polar surface area (TPSA) is 86.8 Å². The third-order valence-electron chi connectivity index (χ3n) is 5.75. The van der Waals surface area contributed by atoms with E-state index in [-0.39, 0.29) is 18.9 Å². The summed E-state index contributed by atoms with van der Waals surface area (Å²) >= 11 is 5.97. The Morgan fingerprint density at radius 1 is 0.944 bits per heavy atom. The first-order valence-electron chi connectivity index (χ1n) is 11.4. The molecule has 0 radical (unpaired) electrons. The van der Waals surface area contributed by atoms with Crippen LogP contribution in [0.1, 0.15) is 16.7 Å². The maximum Gasteiger partial charge on any atom is 0.244 e. The maximum atomic E-state index is 13.8. The third-order valence-corrected chi connectivity index (χ3v) is 7.14. The number of hydrogen-bond acceptors (Lipinski definition) is 4. The summed E-state index contributed by atoms with van der Waals surface area (Å²) in [4.78, 5) is 28.3. The number of hydrogen-bond donors (Lipinski definition) is 1. The fourth-order valence-electron chi connectivity index (χ4n) is 3.95. The number of carbonyl (C=O) groups excluding carboxylic acids is 2. The van der Waals surface area contributed by atoms with Crippen LogP contribution in [0.15, 0.2) is 78.9 Å². The zero-order chi connectivity index (χ0) is 26.3. The van der Waals surface area contributed by atoms with E-state index < -0.39 is 28.5 Å². The van der Waals surface area contributed by atoms with Crippen LogP contribution in [0.5, 0.6) is 0 Å². The molecule has 1 N–H and O–H groups in total. The third kappa shape index (κ3) is 7.32. The van der Waals surface area contributed by atoms with Crippen molar-refractivity contribution < 1.29 is 18.0 Å². The van der Waals surface area contributed by atoms with Crippen molar-refractivity contribution in [2.24, 2.45) is 0 Å². The quantitative estimate of drug-likeness (QED) is 0.434. The molecule has 190 valence electrons. The number of sulfonamides is 1. The summed E-state index contributed by atoms with van der Waals surface area (Å²) < 4.78 is 26.4. The van der Waals surface area contributed by atoms with Crippen LogP contribution in [0.4, 0.5) is 5.69 Å². The zero-order valence-electron chi connectivity index (χ0n) is 20.5. The van der Waals surface area contributed by atoms with Crippen LogP contribution in [-0.2, 0) is 32.6 Å². The smallest absolute Gasteiger partial charge is 0.244 e. The van der Waals surface area contributed by atoms with Gasteiger partial charge in [-0.15, -0.1) is 0 Å². The molecule has 36 heavy (non-hydrogen) atoms. The fraction of sp³-hybridized carbons (Fsp3) is 0.259. The molecule has 0 saturated heterocycles. The van der Waals surface area contributed by atoms with Crippen LogP contribution in [0, 0.1) is 6.92 Å². The van der Waals surface area contributed by atoms with Gasteiger partial charge in [0.15, 0.2) is 0 Å². The van der Waals surface area contributed by atoms with Crippen molar-refractivity contribution in [2.75, 3.05) is 24.2 Å². The van der Waals surface area contributed by atoms with Crippen LogP contribution in [0.25, 0.3) is 0 Å². The van der Waals surface area contributed by atoms with E-state index in [4.69, 9.17) is 11.6 Å². The number of halogens is 1. The lowest BCUT2D eigenvalue weighted by Crippen LogP contribution is -2.52. The second-order valence-electron chi connectivity index (χ2n) is 8.58. The first-order valence-corrected chi connectivity index (χ1v) is 13.6. The summed E-state index contributed by atoms with van der Waals surface area (Å²) in [5.41, 5.74) is 3.04. The van der Waals surface area contributed by atoms with Crippen LogP contribution < -0.4 is 9.62 Å². The number of anilines is 1. The van der Waals surface area contributed by atoms with Crippen LogP contribution in [0.3, 0.4) is 0 Å². The van der Waals surface area contributed by atoms with Gasteiger partial charge in [0.1, 0.15) is 12.6 Å². The average Bonchev–Trinajstić information content (AvgIpc) is 2.84. The van der Waals surface area contributed by atoms with E-state index in [2.05, 4.69) is 5.32 Å². The van der Waals surface area contributed by atoms with E-state index >= 15 is 0 Å². The van der Waals surface area contributed by atoms with Gasteiger partial charge in [-0.1, -0.05) is 71.8 Å². The Morgan fingerprint density at radius 3 is 2.17 bits per heavy atom. The highest BCUT2D eigenvalue weighted by molar-refractivity contribution is 7.92. The van der Waals surface area contributed by atoms with Gasteiger partial charge in [0.2, 0.25) is 21.8 Å². The number of rotatable bonds is 10. The number of benzene rings is 3. The molecule has 3 aromatic carbocycles. The number of aryl methyl sites for hydroxylation is 1. The molecule has 9 heteroatoms. The van der Waals surface area contributed by atoms with Crippen molar-refractivity contribution in [1.82, 2.24) is 10.2 Å². The molecule has 3 aromatic rings. The predicted molar refractivity (Wildman–Crippen MR) is 143 cm³/mol. The van der Waals surface area contributed by atoms with E-state index in [0.717, 1.165) is 27.3 Å². The second-order valence-corrected chi connectivity index (χ2v) is 10.9. The number of nitrogens with zero attached hydrogens (tertiary/aromatic N) is 2. The lowest BCUT2D eigenvalue weighted by molar-refractivity contribution is -0.139.